The van der Waals surface area contributed by atoms with Gasteiger partial charge in [-0.2, -0.15) is 0 Å². The van der Waals surface area contributed by atoms with E-state index >= 15 is 0 Å². The summed E-state index contributed by atoms with van der Waals surface area (Å²) in [6.07, 6.45) is -0.381. The van der Waals surface area contributed by atoms with Crippen LogP contribution >= 0.6 is 0 Å². The fourth-order valence-electron chi connectivity index (χ4n) is 7.46. The molecule has 0 aliphatic carbocycles. The van der Waals surface area contributed by atoms with Crippen LogP contribution in [0.25, 0.3) is 66.1 Å². The van der Waals surface area contributed by atoms with Crippen LogP contribution in [0.4, 0.5) is 0 Å². The monoisotopic (exact) mass is 679 g/mol. The molecule has 8 aromatic carbocycles. The lowest BCUT2D eigenvalue weighted by Crippen LogP contribution is -2.34. The van der Waals surface area contributed by atoms with Gasteiger partial charge in [-0.3, -0.25) is 0 Å². The minimum absolute atomic E-state index is 0.381. The number of fused-ring (bicyclic) bond motifs is 4. The molecule has 0 amide bonds. The molecule has 0 saturated heterocycles. The van der Waals surface area contributed by atoms with Crippen molar-refractivity contribution >= 4 is 44.4 Å². The van der Waals surface area contributed by atoms with E-state index in [1.54, 1.807) is 0 Å². The maximum Gasteiger partial charge on any atom is 0.159 e. The summed E-state index contributed by atoms with van der Waals surface area (Å²) in [6, 6.07) is 65.7. The Kier molecular flexibility index (Phi) is 7.51. The van der Waals surface area contributed by atoms with Crippen LogP contribution in [0.1, 0.15) is 22.9 Å². The molecule has 1 aliphatic rings. The Morgan fingerprint density at radius 1 is 0.453 bits per heavy atom. The SMILES string of the molecule is c1ccc(-c2ccc(C3=NC(c4ccc(-c5ccccc5)cc4)NC(c4c(-c5ccccc5)ccc5oc6cc7ccccc7cc6c45)=N3)cc2)cc1. The third-order valence-electron chi connectivity index (χ3n) is 10.2. The Bertz CT molecular complexity index is 2820. The third kappa shape index (κ3) is 5.67. The quantitative estimate of drug-likeness (QED) is 0.190. The third-order valence-corrected chi connectivity index (χ3v) is 10.2. The first kappa shape index (κ1) is 30.8. The van der Waals surface area contributed by atoms with Gasteiger partial charge < -0.3 is 9.73 Å². The number of amidine groups is 2. The van der Waals surface area contributed by atoms with Crippen molar-refractivity contribution < 1.29 is 4.42 Å². The molecule has 0 saturated carbocycles. The van der Waals surface area contributed by atoms with Crippen LogP contribution in [0, 0.1) is 0 Å². The van der Waals surface area contributed by atoms with E-state index in [4.69, 9.17) is 14.4 Å². The fourth-order valence-corrected chi connectivity index (χ4v) is 7.46. The highest BCUT2D eigenvalue weighted by atomic mass is 16.3. The summed E-state index contributed by atoms with van der Waals surface area (Å²) in [4.78, 5) is 10.6. The lowest BCUT2D eigenvalue weighted by molar-refractivity contribution is 0.668. The summed E-state index contributed by atoms with van der Waals surface area (Å²) in [6.45, 7) is 0. The predicted molar refractivity (Wildman–Crippen MR) is 219 cm³/mol. The highest BCUT2D eigenvalue weighted by Gasteiger charge is 2.27. The van der Waals surface area contributed by atoms with E-state index in [0.29, 0.717) is 5.84 Å². The second-order valence-electron chi connectivity index (χ2n) is 13.4. The van der Waals surface area contributed by atoms with Gasteiger partial charge >= 0.3 is 0 Å². The van der Waals surface area contributed by atoms with Crippen molar-refractivity contribution in [1.82, 2.24) is 5.32 Å². The average Bonchev–Trinajstić information content (AvgIpc) is 3.60. The molecule has 9 aromatic rings. The number of benzene rings is 8. The van der Waals surface area contributed by atoms with Crippen molar-refractivity contribution in [3.05, 3.63) is 205 Å². The van der Waals surface area contributed by atoms with Gasteiger partial charge in [0.1, 0.15) is 23.2 Å². The Hall–Kier alpha value is -7.04. The van der Waals surface area contributed by atoms with Crippen molar-refractivity contribution in [3.8, 4) is 33.4 Å². The Balaban J connectivity index is 1.17. The van der Waals surface area contributed by atoms with Crippen molar-refractivity contribution in [1.29, 1.82) is 0 Å². The van der Waals surface area contributed by atoms with Gasteiger partial charge in [-0.25, -0.2) is 9.98 Å². The number of hydrogen-bond donors (Lipinski definition) is 1. The zero-order valence-corrected chi connectivity index (χ0v) is 28.8. The normalized spacial score (nSPS) is 14.2. The smallest absolute Gasteiger partial charge is 0.159 e. The molecule has 250 valence electrons. The number of nitrogens with zero attached hydrogens (tertiary/aromatic N) is 2. The average molecular weight is 680 g/mol. The van der Waals surface area contributed by atoms with E-state index in [2.05, 4.69) is 181 Å². The molecule has 4 heteroatoms. The summed E-state index contributed by atoms with van der Waals surface area (Å²) in [7, 11) is 0. The molecular formula is C49H33N3O. The first-order chi connectivity index (χ1) is 26.2. The van der Waals surface area contributed by atoms with E-state index in [-0.39, 0.29) is 6.17 Å². The molecule has 0 spiro atoms. The van der Waals surface area contributed by atoms with Crippen LogP contribution in [0.2, 0.25) is 0 Å². The highest BCUT2D eigenvalue weighted by Crippen LogP contribution is 2.40. The molecule has 0 radical (unpaired) electrons. The van der Waals surface area contributed by atoms with Gasteiger partial charge in [0.2, 0.25) is 0 Å². The van der Waals surface area contributed by atoms with Crippen molar-refractivity contribution in [2.75, 3.05) is 0 Å². The lowest BCUT2D eigenvalue weighted by Gasteiger charge is -2.25. The topological polar surface area (TPSA) is 49.9 Å². The van der Waals surface area contributed by atoms with Gasteiger partial charge in [-0.05, 0) is 74.0 Å². The largest absolute Gasteiger partial charge is 0.456 e. The second-order valence-corrected chi connectivity index (χ2v) is 13.4. The molecule has 4 nitrogen and oxygen atoms in total. The molecule has 1 unspecified atom stereocenters. The number of rotatable bonds is 6. The molecule has 53 heavy (non-hydrogen) atoms. The van der Waals surface area contributed by atoms with Crippen molar-refractivity contribution in [2.24, 2.45) is 9.98 Å². The zero-order valence-electron chi connectivity index (χ0n) is 28.8. The maximum atomic E-state index is 6.60. The summed E-state index contributed by atoms with van der Waals surface area (Å²) in [5.41, 5.74) is 11.5. The van der Waals surface area contributed by atoms with Gasteiger partial charge in [0, 0.05) is 21.9 Å². The van der Waals surface area contributed by atoms with Gasteiger partial charge in [0.25, 0.3) is 0 Å². The number of hydrogen-bond acceptors (Lipinski definition) is 4. The highest BCUT2D eigenvalue weighted by molar-refractivity contribution is 6.25. The van der Waals surface area contributed by atoms with E-state index in [1.807, 2.05) is 12.1 Å². The van der Waals surface area contributed by atoms with Crippen LogP contribution in [0.15, 0.2) is 202 Å². The molecule has 2 heterocycles. The maximum absolute atomic E-state index is 6.60. The van der Waals surface area contributed by atoms with Crippen LogP contribution in [-0.4, -0.2) is 11.7 Å². The van der Waals surface area contributed by atoms with Crippen LogP contribution in [-0.2, 0) is 0 Å². The van der Waals surface area contributed by atoms with Crippen LogP contribution in [0.5, 0.6) is 0 Å². The number of nitrogens with one attached hydrogen (secondary N) is 1. The minimum atomic E-state index is -0.381. The molecule has 0 fully saturated rings. The second kappa shape index (κ2) is 12.9. The number of aliphatic imine (C=N–C) groups is 2. The van der Waals surface area contributed by atoms with Crippen molar-refractivity contribution in [3.63, 3.8) is 0 Å². The van der Waals surface area contributed by atoms with Crippen LogP contribution < -0.4 is 5.32 Å². The van der Waals surface area contributed by atoms with E-state index in [0.717, 1.165) is 77.5 Å². The van der Waals surface area contributed by atoms with E-state index in [9.17, 15) is 0 Å². The van der Waals surface area contributed by atoms with Gasteiger partial charge in [0.05, 0.1) is 0 Å². The Morgan fingerprint density at radius 3 is 1.62 bits per heavy atom. The van der Waals surface area contributed by atoms with Gasteiger partial charge in [-0.15, -0.1) is 0 Å². The molecule has 10 rings (SSSR count). The predicted octanol–water partition coefficient (Wildman–Crippen LogP) is 12.2. The molecule has 1 atom stereocenters. The summed E-state index contributed by atoms with van der Waals surface area (Å²) >= 11 is 0. The van der Waals surface area contributed by atoms with Gasteiger partial charge in [0.15, 0.2) is 5.84 Å². The summed E-state index contributed by atoms with van der Waals surface area (Å²) in [5, 5.41) is 8.18. The zero-order chi connectivity index (χ0) is 35.1. The minimum Gasteiger partial charge on any atom is -0.456 e. The van der Waals surface area contributed by atoms with E-state index in [1.165, 1.54) is 11.1 Å². The number of furan rings is 1. The van der Waals surface area contributed by atoms with Gasteiger partial charge in [-0.1, -0.05) is 164 Å². The first-order valence-electron chi connectivity index (χ1n) is 17.9. The van der Waals surface area contributed by atoms with Crippen molar-refractivity contribution in [2.45, 2.75) is 6.17 Å². The molecule has 0 bridgehead atoms. The van der Waals surface area contributed by atoms with Crippen LogP contribution in [0.3, 0.4) is 0 Å². The summed E-state index contributed by atoms with van der Waals surface area (Å²) in [5.74, 6) is 1.42. The Morgan fingerprint density at radius 2 is 0.981 bits per heavy atom. The Labute approximate surface area is 307 Å². The molecule has 1 aliphatic heterocycles. The molecule has 1 aromatic heterocycles. The summed E-state index contributed by atoms with van der Waals surface area (Å²) < 4.78 is 6.60. The van der Waals surface area contributed by atoms with E-state index < -0.39 is 0 Å². The molecular weight excluding hydrogens is 647 g/mol. The molecule has 1 N–H and O–H groups in total. The fraction of sp³-hybridized carbons (Fsp3) is 0.0204. The standard InChI is InChI=1S/C49H33N3O/c1-4-12-32(13-5-1)34-20-24-37(25-21-34)47-50-48(38-26-22-35(23-27-38)33-14-6-2-7-15-33)52-49(51-47)46-41(36-16-8-3-9-17-36)28-29-43-45(46)42-30-39-18-10-11-19-40(39)31-44(42)53-43/h1-31,47H,(H,50,51,52). The lowest BCUT2D eigenvalue weighted by atomic mass is 9.93. The first-order valence-corrected chi connectivity index (χ1v) is 17.9.